The first-order valence-electron chi connectivity index (χ1n) is 29.2. The molecule has 8 fully saturated rings. The molecule has 0 unspecified atom stereocenters. The summed E-state index contributed by atoms with van der Waals surface area (Å²) >= 11 is 0. The summed E-state index contributed by atoms with van der Waals surface area (Å²) in [6.45, 7) is 14.5. The molecule has 34 heteroatoms. The van der Waals surface area contributed by atoms with Gasteiger partial charge in [0.15, 0.2) is 25.2 Å². The Morgan fingerprint density at radius 2 is 1.25 bits per heavy atom. The predicted molar refractivity (Wildman–Crippen MR) is 292 cm³/mol. The Hall–Kier alpha value is -2.41. The standard InChI is InChI=1S/C54H84O31S3/c1-23(2)11-10-16-53(8)44-27(55)19-52(7)26-12-13-31-50(4,5)32(15-17-51(31,6)25(26)14-18-54(44,52)49(63)84-53)80-48-43(35(58)30(20-74-48)85-88(70,71)72)83-45-37(60)36(59)40(24(3)77-45)81-47-39(62)42(34(57)29(79-47)22-76-87(67,68)69)82-46-38(61)41(73-9)33(56)28(78-46)21-75-86(64,65)66/h12,24-25,28-48,56-62H,1,10-11,13-22H2,2-9H3,(H,64,65,66)(H,67,68,69)(H,70,71,72)/t24-,25-,28-,29-,30-,31+,32+,33-,34-,35+,36-,37-,38-,39-,40-,41+,42+,43-,44-,45+,46+,47+,48+,51-,52+,53+,54-/m1/s1. The zero-order valence-corrected chi connectivity index (χ0v) is 52.3. The van der Waals surface area contributed by atoms with Gasteiger partial charge in [-0.1, -0.05) is 44.9 Å². The molecule has 10 N–H and O–H groups in total. The van der Waals surface area contributed by atoms with Gasteiger partial charge in [-0.15, -0.1) is 6.58 Å². The van der Waals surface area contributed by atoms with Crippen LogP contribution < -0.4 is 0 Å². The quantitative estimate of drug-likeness (QED) is 0.0385. The number of esters is 1. The van der Waals surface area contributed by atoms with E-state index in [2.05, 4.69) is 34.9 Å². The molecular formula is C54H84O31S3. The molecule has 0 aromatic carbocycles. The SMILES string of the molecule is C=C(C)CCC[C@]1(C)OC(=O)[C@]23CC[C@@H]4C(=CC[C@H]5C(C)(C)[C@@H](O[C@@H]6OC[C@@H](OS(=O)(=O)O)[C@H](O)[C@H]6O[C@@H]6O[C@H](C)[C@@H](O[C@@H]7O[C@H](COS(=O)(=O)O)[C@@H](O)[C@H](O[C@@H]8O[C@H](COS(=O)(=O)O)[C@@H](O)[C@H](OC)[C@H]8O)[C@H]7O)[C@H](O)[C@H]6O)CC[C@]45C)[C@]2(C)CC(=O)[C@@H]31. The van der Waals surface area contributed by atoms with Crippen LogP contribution in [0.2, 0.25) is 0 Å². The van der Waals surface area contributed by atoms with Crippen LogP contribution in [0.5, 0.6) is 0 Å². The summed E-state index contributed by atoms with van der Waals surface area (Å²) in [7, 11) is -14.6. The number of carbonyl (C=O) groups is 2. The highest BCUT2D eigenvalue weighted by Crippen LogP contribution is 2.75. The first kappa shape index (κ1) is 69.9. The van der Waals surface area contributed by atoms with E-state index in [1.807, 2.05) is 27.7 Å². The Morgan fingerprint density at radius 1 is 0.682 bits per heavy atom. The molecule has 9 rings (SSSR count). The van der Waals surface area contributed by atoms with Gasteiger partial charge >= 0.3 is 37.2 Å². The molecule has 9 aliphatic rings. The zero-order valence-electron chi connectivity index (χ0n) is 49.8. The number of ketones is 1. The Balaban J connectivity index is 0.916. The molecule has 0 aromatic heterocycles. The lowest BCUT2D eigenvalue weighted by Crippen LogP contribution is -2.67. The number of Topliss-reactive ketones (excluding diaryl/α,β-unsaturated/α-hetero) is 1. The molecule has 31 nitrogen and oxygen atoms in total. The molecule has 1 spiro atoms. The second-order valence-electron chi connectivity index (χ2n) is 26.3. The number of methoxy groups -OCH3 is 1. The topological polar surface area (TPSA) is 459 Å². The van der Waals surface area contributed by atoms with Crippen molar-refractivity contribution in [2.45, 2.75) is 235 Å². The highest BCUT2D eigenvalue weighted by atomic mass is 32.3. The Kier molecular flexibility index (Phi) is 20.2. The number of ether oxygens (including phenoxy) is 10. The van der Waals surface area contributed by atoms with Crippen LogP contribution in [0.4, 0.5) is 0 Å². The minimum Gasteiger partial charge on any atom is -0.458 e. The molecule has 27 atom stereocenters. The van der Waals surface area contributed by atoms with Gasteiger partial charge in [0.05, 0.1) is 43.4 Å². The fraction of sp³-hybridized carbons (Fsp3) is 0.889. The van der Waals surface area contributed by atoms with Gasteiger partial charge < -0.3 is 83.1 Å². The summed E-state index contributed by atoms with van der Waals surface area (Å²) in [5, 5.41) is 80.2. The van der Waals surface area contributed by atoms with E-state index in [1.165, 1.54) is 6.92 Å². The van der Waals surface area contributed by atoms with E-state index < -0.39 is 202 Å². The molecule has 3 saturated carbocycles. The molecule has 5 aliphatic heterocycles. The maximum atomic E-state index is 14.4. The monoisotopic (exact) mass is 1320 g/mol. The van der Waals surface area contributed by atoms with Crippen molar-refractivity contribution in [1.29, 1.82) is 0 Å². The van der Waals surface area contributed by atoms with Gasteiger partial charge in [-0.2, -0.15) is 25.3 Å². The Labute approximate surface area is 510 Å². The van der Waals surface area contributed by atoms with Crippen molar-refractivity contribution in [3.05, 3.63) is 23.8 Å². The van der Waals surface area contributed by atoms with E-state index >= 15 is 0 Å². The fourth-order valence-corrected chi connectivity index (χ4v) is 17.4. The lowest BCUT2D eigenvalue weighted by Gasteiger charge is -2.63. The van der Waals surface area contributed by atoms with E-state index in [0.717, 1.165) is 31.1 Å². The third kappa shape index (κ3) is 13.1. The molecule has 88 heavy (non-hydrogen) atoms. The number of allylic oxidation sites excluding steroid dienone is 3. The van der Waals surface area contributed by atoms with Gasteiger partial charge in [-0.25, -0.2) is 12.5 Å². The van der Waals surface area contributed by atoms with E-state index in [4.69, 9.17) is 56.1 Å². The Morgan fingerprint density at radius 3 is 1.83 bits per heavy atom. The van der Waals surface area contributed by atoms with Gasteiger partial charge in [-0.3, -0.25) is 23.2 Å². The molecule has 4 aliphatic carbocycles. The van der Waals surface area contributed by atoms with Crippen molar-refractivity contribution in [3.8, 4) is 0 Å². The summed E-state index contributed by atoms with van der Waals surface area (Å²) in [4.78, 5) is 28.8. The van der Waals surface area contributed by atoms with Crippen LogP contribution in [-0.2, 0) is 101 Å². The van der Waals surface area contributed by atoms with Crippen LogP contribution in [0, 0.1) is 39.4 Å². The van der Waals surface area contributed by atoms with Gasteiger partial charge in [0.1, 0.15) is 96.8 Å². The lowest BCUT2D eigenvalue weighted by atomic mass is 9.41. The average Bonchev–Trinajstić information content (AvgIpc) is 1.44. The van der Waals surface area contributed by atoms with Crippen LogP contribution in [0.25, 0.3) is 0 Å². The average molecular weight is 1330 g/mol. The molecule has 0 amide bonds. The highest BCUT2D eigenvalue weighted by Gasteiger charge is 2.79. The fourth-order valence-electron chi connectivity index (χ4n) is 16.3. The van der Waals surface area contributed by atoms with Gasteiger partial charge in [-0.05, 0) is 94.8 Å². The second kappa shape index (κ2) is 25.4. The molecule has 504 valence electrons. The summed E-state index contributed by atoms with van der Waals surface area (Å²) in [5.41, 5.74) is -1.74. The predicted octanol–water partition coefficient (Wildman–Crippen LogP) is -0.728. The number of hydrogen-bond donors (Lipinski definition) is 10. The molecule has 0 bridgehead atoms. The van der Waals surface area contributed by atoms with Crippen LogP contribution in [0.1, 0.15) is 106 Å². The number of rotatable bonds is 21. The van der Waals surface area contributed by atoms with Crippen molar-refractivity contribution in [3.63, 3.8) is 0 Å². The van der Waals surface area contributed by atoms with Crippen molar-refractivity contribution in [2.24, 2.45) is 39.4 Å². The number of hydrogen-bond acceptors (Lipinski definition) is 28. The van der Waals surface area contributed by atoms with Gasteiger partial charge in [0.2, 0.25) is 0 Å². The molecular weight excluding hydrogens is 1240 g/mol. The number of carbonyl (C=O) groups excluding carboxylic acids is 2. The smallest absolute Gasteiger partial charge is 0.397 e. The second-order valence-corrected chi connectivity index (χ2v) is 29.6. The normalized spacial score (nSPS) is 47.1. The summed E-state index contributed by atoms with van der Waals surface area (Å²) in [6.07, 6.45) is -30.3. The van der Waals surface area contributed by atoms with Gasteiger partial charge in [0.25, 0.3) is 0 Å². The molecule has 5 heterocycles. The minimum atomic E-state index is -5.25. The largest absolute Gasteiger partial charge is 0.458 e. The first-order valence-corrected chi connectivity index (χ1v) is 33.3. The van der Waals surface area contributed by atoms with Gasteiger partial charge in [0, 0.05) is 18.9 Å². The number of fused-ring (bicyclic) bond motifs is 4. The van der Waals surface area contributed by atoms with Crippen molar-refractivity contribution >= 4 is 42.9 Å². The minimum absolute atomic E-state index is 0.0242. The van der Waals surface area contributed by atoms with Crippen molar-refractivity contribution in [2.75, 3.05) is 26.9 Å². The molecule has 5 saturated heterocycles. The maximum absolute atomic E-state index is 14.4. The zero-order chi connectivity index (χ0) is 65.0. The van der Waals surface area contributed by atoms with E-state index in [-0.39, 0.29) is 35.4 Å². The summed E-state index contributed by atoms with van der Waals surface area (Å²) < 4.78 is 171. The first-order chi connectivity index (χ1) is 40.7. The molecule has 0 radical (unpaired) electrons. The third-order valence-corrected chi connectivity index (χ3v) is 21.9. The van der Waals surface area contributed by atoms with Crippen LogP contribution in [0.15, 0.2) is 23.8 Å². The van der Waals surface area contributed by atoms with Crippen LogP contribution in [0.3, 0.4) is 0 Å². The van der Waals surface area contributed by atoms with Crippen molar-refractivity contribution < 1.29 is 144 Å². The lowest BCUT2D eigenvalue weighted by molar-refractivity contribution is -0.389. The van der Waals surface area contributed by atoms with E-state index in [1.54, 1.807) is 0 Å². The Bertz CT molecular complexity index is 2970. The maximum Gasteiger partial charge on any atom is 0.397 e. The number of aliphatic hydroxyl groups is 7. The van der Waals surface area contributed by atoms with E-state index in [0.29, 0.717) is 38.5 Å². The summed E-state index contributed by atoms with van der Waals surface area (Å²) in [5.74, 6) is -0.993. The van der Waals surface area contributed by atoms with E-state index in [9.17, 15) is 79.7 Å². The summed E-state index contributed by atoms with van der Waals surface area (Å²) in [6, 6.07) is 0. The van der Waals surface area contributed by atoms with Crippen LogP contribution >= 0.6 is 0 Å². The van der Waals surface area contributed by atoms with Crippen molar-refractivity contribution in [1.82, 2.24) is 0 Å². The number of cyclic esters (lactones) is 1. The van der Waals surface area contributed by atoms with Crippen LogP contribution in [-0.4, -0.2) is 242 Å². The number of aliphatic hydroxyl groups excluding tert-OH is 7. The highest BCUT2D eigenvalue weighted by molar-refractivity contribution is 7.81. The third-order valence-electron chi connectivity index (χ3n) is 20.5. The molecule has 0 aromatic rings.